The molecular weight excluding hydrogens is 305 g/mol. The van der Waals surface area contributed by atoms with E-state index in [1.807, 2.05) is 6.07 Å². The molecule has 1 aromatic rings. The first-order chi connectivity index (χ1) is 7.21. The minimum atomic E-state index is 0.203. The van der Waals surface area contributed by atoms with Crippen LogP contribution in [0.4, 0.5) is 0 Å². The van der Waals surface area contributed by atoms with Crippen molar-refractivity contribution < 1.29 is 9.84 Å². The summed E-state index contributed by atoms with van der Waals surface area (Å²) in [6, 6.07) is 5.26. The molecule has 15 heavy (non-hydrogen) atoms. The summed E-state index contributed by atoms with van der Waals surface area (Å²) in [6.45, 7) is 2.42. The highest BCUT2D eigenvalue weighted by Gasteiger charge is 2.07. The van der Waals surface area contributed by atoms with E-state index in [4.69, 9.17) is 10.5 Å². The van der Waals surface area contributed by atoms with Gasteiger partial charge < -0.3 is 15.6 Å². The molecule has 0 spiro atoms. The van der Waals surface area contributed by atoms with Crippen LogP contribution in [0.1, 0.15) is 18.9 Å². The minimum Gasteiger partial charge on any atom is -0.507 e. The van der Waals surface area contributed by atoms with Crippen molar-refractivity contribution in [1.82, 2.24) is 0 Å². The molecule has 0 saturated heterocycles. The number of ether oxygens (including phenoxy) is 1. The number of nitrogens with two attached hydrogens (primary N) is 1. The van der Waals surface area contributed by atoms with Gasteiger partial charge in [0.2, 0.25) is 0 Å². The fraction of sp³-hybridized carbons (Fsp3) is 0.455. The van der Waals surface area contributed by atoms with Crippen molar-refractivity contribution in [3.8, 4) is 11.5 Å². The van der Waals surface area contributed by atoms with Crippen LogP contribution < -0.4 is 10.5 Å². The topological polar surface area (TPSA) is 55.5 Å². The Morgan fingerprint density at radius 2 is 2.27 bits per heavy atom. The van der Waals surface area contributed by atoms with Gasteiger partial charge in [-0.05, 0) is 12.5 Å². The Bertz CT molecular complexity index is 313. The van der Waals surface area contributed by atoms with Crippen LogP contribution in [-0.4, -0.2) is 15.6 Å². The molecule has 1 aromatic carbocycles. The van der Waals surface area contributed by atoms with Crippen molar-refractivity contribution in [2.75, 3.05) is 4.43 Å². The number of alkyl halides is 1. The first-order valence-electron chi connectivity index (χ1n) is 4.95. The standard InChI is InChI=1S/C11H16INO2/c1-2-9(6-12)15-10-4-3-8(7-13)11(14)5-10/h3-5,9,14H,2,6-7,13H2,1H3. The zero-order chi connectivity index (χ0) is 11.3. The van der Waals surface area contributed by atoms with Gasteiger partial charge in [0.05, 0.1) is 0 Å². The Morgan fingerprint density at radius 3 is 2.73 bits per heavy atom. The third kappa shape index (κ3) is 3.53. The summed E-state index contributed by atoms with van der Waals surface area (Å²) in [6.07, 6.45) is 1.16. The molecule has 1 atom stereocenters. The molecule has 3 nitrogen and oxygen atoms in total. The monoisotopic (exact) mass is 321 g/mol. The Morgan fingerprint density at radius 1 is 1.53 bits per heavy atom. The van der Waals surface area contributed by atoms with Crippen molar-refractivity contribution in [3.05, 3.63) is 23.8 Å². The van der Waals surface area contributed by atoms with Gasteiger partial charge in [0.1, 0.15) is 17.6 Å². The molecule has 1 rings (SSSR count). The lowest BCUT2D eigenvalue weighted by atomic mass is 10.2. The third-order valence-corrected chi connectivity index (χ3v) is 3.19. The summed E-state index contributed by atoms with van der Waals surface area (Å²) in [7, 11) is 0. The number of phenolic OH excluding ortho intramolecular Hbond substituents is 1. The van der Waals surface area contributed by atoms with Crippen LogP contribution in [0.5, 0.6) is 11.5 Å². The normalized spacial score (nSPS) is 12.5. The molecule has 0 bridgehead atoms. The molecular formula is C11H16INO2. The fourth-order valence-electron chi connectivity index (χ4n) is 1.21. The van der Waals surface area contributed by atoms with Crippen LogP contribution in [0.25, 0.3) is 0 Å². The van der Waals surface area contributed by atoms with Gasteiger partial charge in [-0.25, -0.2) is 0 Å². The lowest BCUT2D eigenvalue weighted by Crippen LogP contribution is -2.16. The van der Waals surface area contributed by atoms with Gasteiger partial charge in [-0.1, -0.05) is 35.6 Å². The van der Waals surface area contributed by atoms with Crippen molar-refractivity contribution in [2.45, 2.75) is 26.0 Å². The van der Waals surface area contributed by atoms with Crippen LogP contribution >= 0.6 is 22.6 Å². The average Bonchev–Trinajstić information content (AvgIpc) is 2.26. The lowest BCUT2D eigenvalue weighted by Gasteiger charge is -2.15. The number of rotatable bonds is 5. The van der Waals surface area contributed by atoms with E-state index in [0.29, 0.717) is 12.3 Å². The van der Waals surface area contributed by atoms with E-state index in [-0.39, 0.29) is 11.9 Å². The highest BCUT2D eigenvalue weighted by atomic mass is 127. The highest BCUT2D eigenvalue weighted by molar-refractivity contribution is 14.1. The summed E-state index contributed by atoms with van der Waals surface area (Å²) in [4.78, 5) is 0. The zero-order valence-corrected chi connectivity index (χ0v) is 10.9. The molecule has 84 valence electrons. The summed E-state index contributed by atoms with van der Waals surface area (Å²) in [5.74, 6) is 0.909. The summed E-state index contributed by atoms with van der Waals surface area (Å²) in [5, 5.41) is 9.59. The molecule has 0 saturated carbocycles. The van der Waals surface area contributed by atoms with Gasteiger partial charge in [-0.2, -0.15) is 0 Å². The van der Waals surface area contributed by atoms with Crippen molar-refractivity contribution in [3.63, 3.8) is 0 Å². The maximum atomic E-state index is 9.59. The molecule has 0 aliphatic heterocycles. The minimum absolute atomic E-state index is 0.203. The van der Waals surface area contributed by atoms with E-state index < -0.39 is 0 Å². The average molecular weight is 321 g/mol. The molecule has 3 N–H and O–H groups in total. The van der Waals surface area contributed by atoms with Crippen LogP contribution in [0.3, 0.4) is 0 Å². The summed E-state index contributed by atoms with van der Waals surface area (Å²) >= 11 is 2.29. The second-order valence-corrected chi connectivity index (χ2v) is 4.18. The van der Waals surface area contributed by atoms with Gasteiger partial charge in [0.15, 0.2) is 0 Å². The van der Waals surface area contributed by atoms with E-state index in [9.17, 15) is 5.11 Å². The number of halogens is 1. The van der Waals surface area contributed by atoms with E-state index in [1.165, 1.54) is 0 Å². The zero-order valence-electron chi connectivity index (χ0n) is 8.74. The van der Waals surface area contributed by atoms with Gasteiger partial charge in [0, 0.05) is 22.6 Å². The number of phenols is 1. The van der Waals surface area contributed by atoms with Crippen LogP contribution in [0.2, 0.25) is 0 Å². The van der Waals surface area contributed by atoms with Crippen LogP contribution in [-0.2, 0) is 6.54 Å². The SMILES string of the molecule is CCC(CI)Oc1ccc(CN)c(O)c1. The molecule has 0 heterocycles. The summed E-state index contributed by atoms with van der Waals surface area (Å²) in [5.41, 5.74) is 6.19. The molecule has 1 unspecified atom stereocenters. The Balaban J connectivity index is 2.74. The summed E-state index contributed by atoms with van der Waals surface area (Å²) < 4.78 is 6.62. The Hall–Kier alpha value is -0.490. The van der Waals surface area contributed by atoms with Crippen molar-refractivity contribution >= 4 is 22.6 Å². The quantitative estimate of drug-likeness (QED) is 0.647. The van der Waals surface area contributed by atoms with E-state index in [1.54, 1.807) is 12.1 Å². The van der Waals surface area contributed by atoms with E-state index in [2.05, 4.69) is 29.5 Å². The smallest absolute Gasteiger partial charge is 0.123 e. The number of hydrogen-bond donors (Lipinski definition) is 2. The predicted octanol–water partition coefficient (Wildman–Crippen LogP) is 2.44. The molecule has 0 amide bonds. The highest BCUT2D eigenvalue weighted by Crippen LogP contribution is 2.24. The molecule has 0 aliphatic carbocycles. The molecule has 0 radical (unpaired) electrons. The maximum Gasteiger partial charge on any atom is 0.123 e. The van der Waals surface area contributed by atoms with Crippen molar-refractivity contribution in [1.29, 1.82) is 0 Å². The maximum absolute atomic E-state index is 9.59. The van der Waals surface area contributed by atoms with Gasteiger partial charge in [-0.15, -0.1) is 0 Å². The van der Waals surface area contributed by atoms with Gasteiger partial charge >= 0.3 is 0 Å². The van der Waals surface area contributed by atoms with Crippen molar-refractivity contribution in [2.24, 2.45) is 5.73 Å². The van der Waals surface area contributed by atoms with Crippen LogP contribution in [0, 0.1) is 0 Å². The van der Waals surface area contributed by atoms with E-state index >= 15 is 0 Å². The van der Waals surface area contributed by atoms with Crippen LogP contribution in [0.15, 0.2) is 18.2 Å². The first kappa shape index (κ1) is 12.6. The van der Waals surface area contributed by atoms with E-state index in [0.717, 1.165) is 16.4 Å². The van der Waals surface area contributed by atoms with Gasteiger partial charge in [-0.3, -0.25) is 0 Å². The Labute approximate surface area is 104 Å². The molecule has 0 aromatic heterocycles. The fourth-order valence-corrected chi connectivity index (χ4v) is 2.01. The molecule has 4 heteroatoms. The predicted molar refractivity (Wildman–Crippen MR) is 69.6 cm³/mol. The first-order valence-corrected chi connectivity index (χ1v) is 6.48. The van der Waals surface area contributed by atoms with Gasteiger partial charge in [0.25, 0.3) is 0 Å². The molecule has 0 fully saturated rings. The molecule has 0 aliphatic rings. The second-order valence-electron chi connectivity index (χ2n) is 3.30. The number of hydrogen-bond acceptors (Lipinski definition) is 3. The largest absolute Gasteiger partial charge is 0.507 e. The third-order valence-electron chi connectivity index (χ3n) is 2.21. The second kappa shape index (κ2) is 6.17. The lowest BCUT2D eigenvalue weighted by molar-refractivity contribution is 0.224. The number of benzene rings is 1. The number of aromatic hydroxyl groups is 1. The Kier molecular flexibility index (Phi) is 5.17.